The van der Waals surface area contributed by atoms with Crippen LogP contribution in [0.4, 0.5) is 0 Å². The number of benzene rings is 3. The van der Waals surface area contributed by atoms with E-state index in [0.717, 1.165) is 33.2 Å². The molecule has 124 valence electrons. The van der Waals surface area contributed by atoms with Gasteiger partial charge in [0.2, 0.25) is 6.79 Å². The third-order valence-corrected chi connectivity index (χ3v) is 5.06. The topological polar surface area (TPSA) is 44.8 Å². The fraction of sp³-hybridized carbons (Fsp3) is 0.190. The van der Waals surface area contributed by atoms with Gasteiger partial charge in [0.05, 0.1) is 5.56 Å². The first-order valence-corrected chi connectivity index (χ1v) is 8.26. The molecule has 0 N–H and O–H groups in total. The molecule has 0 spiro atoms. The lowest BCUT2D eigenvalue weighted by Crippen LogP contribution is -1.99. The van der Waals surface area contributed by atoms with Gasteiger partial charge in [0.1, 0.15) is 6.61 Å². The van der Waals surface area contributed by atoms with Gasteiger partial charge in [0.25, 0.3) is 0 Å². The van der Waals surface area contributed by atoms with Crippen molar-refractivity contribution < 1.29 is 19.0 Å². The fourth-order valence-electron chi connectivity index (χ4n) is 3.64. The molecule has 0 atom stereocenters. The van der Waals surface area contributed by atoms with Gasteiger partial charge in [0.15, 0.2) is 11.5 Å². The highest BCUT2D eigenvalue weighted by Crippen LogP contribution is 2.42. The molecule has 0 saturated heterocycles. The largest absolute Gasteiger partial charge is 0.457 e. The first-order valence-electron chi connectivity index (χ1n) is 8.26. The summed E-state index contributed by atoms with van der Waals surface area (Å²) in [5.74, 6) is 1.18. The first kappa shape index (κ1) is 14.3. The average molecular weight is 332 g/mol. The van der Waals surface area contributed by atoms with E-state index in [2.05, 4.69) is 32.0 Å². The normalized spacial score (nSPS) is 14.7. The maximum Gasteiger partial charge on any atom is 0.339 e. The summed E-state index contributed by atoms with van der Waals surface area (Å²) in [7, 11) is 0. The highest BCUT2D eigenvalue weighted by Gasteiger charge is 2.28. The van der Waals surface area contributed by atoms with Gasteiger partial charge in [-0.3, -0.25) is 0 Å². The van der Waals surface area contributed by atoms with Crippen LogP contribution >= 0.6 is 0 Å². The van der Waals surface area contributed by atoms with E-state index in [1.54, 1.807) is 0 Å². The Morgan fingerprint density at radius 2 is 1.64 bits per heavy atom. The molecule has 25 heavy (non-hydrogen) atoms. The van der Waals surface area contributed by atoms with Gasteiger partial charge in [-0.1, -0.05) is 18.2 Å². The molecular weight excluding hydrogens is 316 g/mol. The van der Waals surface area contributed by atoms with E-state index in [0.29, 0.717) is 17.9 Å². The van der Waals surface area contributed by atoms with E-state index in [-0.39, 0.29) is 12.8 Å². The Hall–Kier alpha value is -3.01. The number of carbonyl (C=O) groups excluding carboxylic acids is 1. The minimum absolute atomic E-state index is 0.229. The maximum absolute atomic E-state index is 12.4. The summed E-state index contributed by atoms with van der Waals surface area (Å²) in [6, 6.07) is 12.2. The van der Waals surface area contributed by atoms with Crippen LogP contribution in [0.15, 0.2) is 36.4 Å². The zero-order valence-corrected chi connectivity index (χ0v) is 14.0. The van der Waals surface area contributed by atoms with Crippen LogP contribution in [-0.4, -0.2) is 12.8 Å². The SMILES string of the molecule is Cc1cc2cc3c(c(-c4ccc5c(c4)OCO5)c2cc1C)C(=O)OC3. The lowest BCUT2D eigenvalue weighted by atomic mass is 9.89. The maximum atomic E-state index is 12.4. The fourth-order valence-corrected chi connectivity index (χ4v) is 3.64. The van der Waals surface area contributed by atoms with Gasteiger partial charge in [-0.2, -0.15) is 0 Å². The number of aryl methyl sites for hydroxylation is 2. The van der Waals surface area contributed by atoms with Crippen LogP contribution in [0.2, 0.25) is 0 Å². The second-order valence-electron chi connectivity index (χ2n) is 6.59. The van der Waals surface area contributed by atoms with Crippen LogP contribution in [0.1, 0.15) is 27.0 Å². The number of esters is 1. The van der Waals surface area contributed by atoms with Crippen LogP contribution in [0.3, 0.4) is 0 Å². The minimum atomic E-state index is -0.261. The summed E-state index contributed by atoms with van der Waals surface area (Å²) in [6.45, 7) is 4.75. The molecule has 2 aliphatic rings. The number of fused-ring (bicyclic) bond motifs is 3. The van der Waals surface area contributed by atoms with Gasteiger partial charge in [-0.05, 0) is 59.5 Å². The summed E-state index contributed by atoms with van der Waals surface area (Å²) in [4.78, 5) is 12.4. The smallest absolute Gasteiger partial charge is 0.339 e. The Labute approximate surface area is 144 Å². The van der Waals surface area contributed by atoms with Gasteiger partial charge < -0.3 is 14.2 Å². The van der Waals surface area contributed by atoms with Crippen LogP contribution in [0.25, 0.3) is 21.9 Å². The molecule has 4 heteroatoms. The van der Waals surface area contributed by atoms with Crippen molar-refractivity contribution >= 4 is 16.7 Å². The van der Waals surface area contributed by atoms with Crippen molar-refractivity contribution in [2.75, 3.05) is 6.79 Å². The van der Waals surface area contributed by atoms with Gasteiger partial charge in [-0.15, -0.1) is 0 Å². The number of hydrogen-bond acceptors (Lipinski definition) is 4. The third kappa shape index (κ3) is 2.03. The molecule has 0 bridgehead atoms. The third-order valence-electron chi connectivity index (χ3n) is 5.06. The molecule has 0 unspecified atom stereocenters. The standard InChI is InChI=1S/C21H16O4/c1-11-5-14-7-15-9-23-21(22)20(15)19(16(14)6-12(11)2)13-3-4-17-18(8-13)25-10-24-17/h3-8H,9-10H2,1-2H3. The zero-order chi connectivity index (χ0) is 17.1. The molecule has 0 saturated carbocycles. The number of rotatable bonds is 1. The highest BCUT2D eigenvalue weighted by molar-refractivity contribution is 6.11. The molecule has 2 heterocycles. The Balaban J connectivity index is 1.88. The van der Waals surface area contributed by atoms with E-state index in [9.17, 15) is 4.79 Å². The van der Waals surface area contributed by atoms with Crippen LogP contribution in [0, 0.1) is 13.8 Å². The van der Waals surface area contributed by atoms with E-state index in [4.69, 9.17) is 14.2 Å². The zero-order valence-electron chi connectivity index (χ0n) is 14.0. The van der Waals surface area contributed by atoms with Crippen molar-refractivity contribution in [2.24, 2.45) is 0 Å². The van der Waals surface area contributed by atoms with Crippen molar-refractivity contribution in [1.82, 2.24) is 0 Å². The van der Waals surface area contributed by atoms with Crippen molar-refractivity contribution in [3.05, 3.63) is 58.7 Å². The summed E-state index contributed by atoms with van der Waals surface area (Å²) in [5.41, 5.74) is 5.88. The Morgan fingerprint density at radius 3 is 2.52 bits per heavy atom. The van der Waals surface area contributed by atoms with Crippen molar-refractivity contribution in [3.63, 3.8) is 0 Å². The molecule has 5 rings (SSSR count). The summed E-state index contributed by atoms with van der Waals surface area (Å²) < 4.78 is 16.2. The van der Waals surface area contributed by atoms with E-state index in [1.807, 2.05) is 18.2 Å². The van der Waals surface area contributed by atoms with Gasteiger partial charge >= 0.3 is 5.97 Å². The number of ether oxygens (including phenoxy) is 3. The molecular formula is C21H16O4. The Kier molecular flexibility index (Phi) is 2.86. The summed E-state index contributed by atoms with van der Waals surface area (Å²) in [6.07, 6.45) is 0. The Morgan fingerprint density at radius 1 is 0.840 bits per heavy atom. The van der Waals surface area contributed by atoms with E-state index < -0.39 is 0 Å². The second kappa shape index (κ2) is 4.99. The van der Waals surface area contributed by atoms with E-state index in [1.165, 1.54) is 11.1 Å². The van der Waals surface area contributed by atoms with Crippen LogP contribution < -0.4 is 9.47 Å². The van der Waals surface area contributed by atoms with E-state index >= 15 is 0 Å². The highest BCUT2D eigenvalue weighted by atomic mass is 16.7. The first-order chi connectivity index (χ1) is 12.1. The molecule has 3 aromatic rings. The molecule has 0 fully saturated rings. The van der Waals surface area contributed by atoms with Crippen molar-refractivity contribution in [1.29, 1.82) is 0 Å². The monoisotopic (exact) mass is 332 g/mol. The van der Waals surface area contributed by atoms with Gasteiger partial charge in [-0.25, -0.2) is 4.79 Å². The van der Waals surface area contributed by atoms with Crippen molar-refractivity contribution in [3.8, 4) is 22.6 Å². The number of hydrogen-bond donors (Lipinski definition) is 0. The lowest BCUT2D eigenvalue weighted by Gasteiger charge is -2.14. The summed E-state index contributed by atoms with van der Waals surface area (Å²) >= 11 is 0. The average Bonchev–Trinajstić information content (AvgIpc) is 3.20. The molecule has 4 nitrogen and oxygen atoms in total. The molecule has 0 radical (unpaired) electrons. The van der Waals surface area contributed by atoms with Crippen molar-refractivity contribution in [2.45, 2.75) is 20.5 Å². The summed E-state index contributed by atoms with van der Waals surface area (Å²) in [5, 5.41) is 2.17. The second-order valence-corrected chi connectivity index (χ2v) is 6.59. The molecule has 2 aliphatic heterocycles. The predicted molar refractivity (Wildman–Crippen MR) is 94.1 cm³/mol. The quantitative estimate of drug-likeness (QED) is 0.615. The minimum Gasteiger partial charge on any atom is -0.457 e. The number of cyclic esters (lactones) is 1. The predicted octanol–water partition coefficient (Wildman–Crippen LogP) is 4.52. The molecule has 0 aromatic heterocycles. The van der Waals surface area contributed by atoms with Crippen LogP contribution in [0.5, 0.6) is 11.5 Å². The number of carbonyl (C=O) groups is 1. The lowest BCUT2D eigenvalue weighted by molar-refractivity contribution is 0.0535. The molecule has 0 aliphatic carbocycles. The Bertz CT molecular complexity index is 1070. The molecule has 0 amide bonds. The van der Waals surface area contributed by atoms with Crippen LogP contribution in [-0.2, 0) is 11.3 Å². The molecule has 3 aromatic carbocycles. The van der Waals surface area contributed by atoms with Gasteiger partial charge in [0, 0.05) is 11.1 Å².